The minimum atomic E-state index is -4.02. The summed E-state index contributed by atoms with van der Waals surface area (Å²) < 4.78 is 29.0. The number of hydrogen-bond acceptors (Lipinski definition) is 4. The molecule has 0 aliphatic carbocycles. The molecule has 0 spiro atoms. The molecule has 0 fully saturated rings. The van der Waals surface area contributed by atoms with Crippen LogP contribution in [0.15, 0.2) is 108 Å². The van der Waals surface area contributed by atoms with Crippen molar-refractivity contribution in [2.24, 2.45) is 0 Å². The molecule has 38 heavy (non-hydrogen) atoms. The number of aliphatic hydroxyl groups is 1. The van der Waals surface area contributed by atoms with E-state index < -0.39 is 22.0 Å². The second-order valence-electron chi connectivity index (χ2n) is 9.58. The Morgan fingerprint density at radius 1 is 0.789 bits per heavy atom. The number of benzene rings is 4. The number of nitrogens with zero attached hydrogens (tertiary/aromatic N) is 2. The predicted octanol–water partition coefficient (Wildman–Crippen LogP) is 5.49. The van der Waals surface area contributed by atoms with Crippen molar-refractivity contribution in [3.05, 3.63) is 114 Å². The lowest BCUT2D eigenvalue weighted by Gasteiger charge is -2.21. The summed E-state index contributed by atoms with van der Waals surface area (Å²) in [6, 6.07) is 32.4. The van der Waals surface area contributed by atoms with Gasteiger partial charge in [0.15, 0.2) is 0 Å². The van der Waals surface area contributed by atoms with Gasteiger partial charge in [-0.2, -0.15) is 0 Å². The number of carbonyl (C=O) groups is 1. The van der Waals surface area contributed by atoms with Crippen LogP contribution in [0.25, 0.3) is 33.3 Å². The lowest BCUT2D eigenvalue weighted by atomic mass is 9.98. The van der Waals surface area contributed by atoms with Gasteiger partial charge in [-0.25, -0.2) is 12.7 Å². The van der Waals surface area contributed by atoms with Crippen molar-refractivity contribution in [3.8, 4) is 22.4 Å². The third-order valence-corrected chi connectivity index (χ3v) is 8.82. The standard InChI is InChI=1S/C31H26N2O4S/c1-21-16-17-27-26(18-21)29(22-10-4-2-5-11-22)30(23-12-6-3-7-13-23)32(27)19-24(34)20-33-31(35)25-14-8-9-15-28(25)38(33,36)37/h2-18,24,34H,19-20H2,1H3/t24-/m1/s1. The van der Waals surface area contributed by atoms with Crippen LogP contribution in [0.3, 0.4) is 0 Å². The van der Waals surface area contributed by atoms with E-state index >= 15 is 0 Å². The molecule has 2 heterocycles. The monoisotopic (exact) mass is 522 g/mol. The summed E-state index contributed by atoms with van der Waals surface area (Å²) in [7, 11) is -4.02. The zero-order chi connectivity index (χ0) is 26.4. The first-order chi connectivity index (χ1) is 18.4. The number of amides is 1. The number of fused-ring (bicyclic) bond motifs is 2. The van der Waals surface area contributed by atoms with Crippen LogP contribution < -0.4 is 0 Å². The van der Waals surface area contributed by atoms with Crippen LogP contribution in [0.4, 0.5) is 0 Å². The van der Waals surface area contributed by atoms with Gasteiger partial charge in [0.1, 0.15) is 4.90 Å². The average Bonchev–Trinajstić information content (AvgIpc) is 3.34. The molecule has 190 valence electrons. The third kappa shape index (κ3) is 3.91. The van der Waals surface area contributed by atoms with Crippen LogP contribution in [0.5, 0.6) is 0 Å². The van der Waals surface area contributed by atoms with Gasteiger partial charge in [0, 0.05) is 16.5 Å². The molecule has 4 aromatic carbocycles. The number of hydrogen-bond donors (Lipinski definition) is 1. The Kier molecular flexibility index (Phi) is 5.90. The smallest absolute Gasteiger partial charge is 0.269 e. The molecule has 0 saturated heterocycles. The van der Waals surface area contributed by atoms with Crippen molar-refractivity contribution in [1.82, 2.24) is 8.87 Å². The zero-order valence-corrected chi connectivity index (χ0v) is 21.6. The molecular formula is C31H26N2O4S. The second-order valence-corrected chi connectivity index (χ2v) is 11.4. The molecule has 0 bridgehead atoms. The van der Waals surface area contributed by atoms with Crippen molar-refractivity contribution < 1.29 is 18.3 Å². The third-order valence-electron chi connectivity index (χ3n) is 7.01. The minimum Gasteiger partial charge on any atom is -0.389 e. The molecule has 0 saturated carbocycles. The summed E-state index contributed by atoms with van der Waals surface area (Å²) in [6.07, 6.45) is -1.13. The molecule has 1 amide bonds. The van der Waals surface area contributed by atoms with Crippen molar-refractivity contribution in [2.45, 2.75) is 24.5 Å². The zero-order valence-electron chi connectivity index (χ0n) is 20.8. The quantitative estimate of drug-likeness (QED) is 0.320. The highest BCUT2D eigenvalue weighted by Gasteiger charge is 2.41. The fourth-order valence-electron chi connectivity index (χ4n) is 5.32. The van der Waals surface area contributed by atoms with Gasteiger partial charge in [0.05, 0.1) is 30.5 Å². The summed E-state index contributed by atoms with van der Waals surface area (Å²) in [6.45, 7) is 1.81. The van der Waals surface area contributed by atoms with Crippen molar-refractivity contribution >= 4 is 26.8 Å². The summed E-state index contributed by atoms with van der Waals surface area (Å²) in [5, 5.41) is 12.3. The van der Waals surface area contributed by atoms with Gasteiger partial charge in [-0.3, -0.25) is 4.79 Å². The Labute approximate surface area is 221 Å². The summed E-state index contributed by atoms with van der Waals surface area (Å²) in [5.74, 6) is -0.610. The fraction of sp³-hybridized carbons (Fsp3) is 0.129. The van der Waals surface area contributed by atoms with Crippen molar-refractivity contribution in [2.75, 3.05) is 6.54 Å². The first-order valence-electron chi connectivity index (χ1n) is 12.4. The lowest BCUT2D eigenvalue weighted by molar-refractivity contribution is 0.0773. The number of carbonyl (C=O) groups excluding carboxylic acids is 1. The van der Waals surface area contributed by atoms with Gasteiger partial charge < -0.3 is 9.67 Å². The highest BCUT2D eigenvalue weighted by atomic mass is 32.2. The Hall–Kier alpha value is -4.20. The highest BCUT2D eigenvalue weighted by molar-refractivity contribution is 7.90. The molecular weight excluding hydrogens is 496 g/mol. The van der Waals surface area contributed by atoms with E-state index in [0.29, 0.717) is 0 Å². The van der Waals surface area contributed by atoms with E-state index in [1.54, 1.807) is 12.1 Å². The molecule has 1 aliphatic rings. The van der Waals surface area contributed by atoms with Crippen molar-refractivity contribution in [1.29, 1.82) is 0 Å². The average molecular weight is 523 g/mol. The van der Waals surface area contributed by atoms with Gasteiger partial charge in [-0.15, -0.1) is 0 Å². The Morgan fingerprint density at radius 3 is 2.11 bits per heavy atom. The number of sulfonamides is 1. The topological polar surface area (TPSA) is 79.6 Å². The molecule has 1 aromatic heterocycles. The summed E-state index contributed by atoms with van der Waals surface area (Å²) >= 11 is 0. The van der Waals surface area contributed by atoms with E-state index in [2.05, 4.69) is 18.2 Å². The lowest BCUT2D eigenvalue weighted by Crippen LogP contribution is -2.38. The normalized spacial score (nSPS) is 15.1. The van der Waals surface area contributed by atoms with Crippen LogP contribution >= 0.6 is 0 Å². The summed E-state index contributed by atoms with van der Waals surface area (Å²) in [5.41, 5.74) is 6.16. The van der Waals surface area contributed by atoms with E-state index in [0.717, 1.165) is 43.2 Å². The van der Waals surface area contributed by atoms with Gasteiger partial charge in [0.2, 0.25) is 0 Å². The molecule has 6 nitrogen and oxygen atoms in total. The SMILES string of the molecule is Cc1ccc2c(c1)c(-c1ccccc1)c(-c1ccccc1)n2C[C@@H](O)CN1C(=O)c2ccccc2S1(=O)=O. The molecule has 1 atom stereocenters. The maximum Gasteiger partial charge on any atom is 0.269 e. The van der Waals surface area contributed by atoms with Crippen LogP contribution in [0.1, 0.15) is 15.9 Å². The molecule has 7 heteroatoms. The number of rotatable bonds is 6. The van der Waals surface area contributed by atoms with Gasteiger partial charge in [-0.1, -0.05) is 84.4 Å². The molecule has 1 N–H and O–H groups in total. The van der Waals surface area contributed by atoms with Gasteiger partial charge in [0.25, 0.3) is 15.9 Å². The number of β-amino-alcohol motifs (C(OH)–C–C–N with tert-alkyl or cyclic N) is 1. The maximum absolute atomic E-state index is 13.1. The van der Waals surface area contributed by atoms with Crippen LogP contribution in [0, 0.1) is 6.92 Å². The molecule has 6 rings (SSSR count). The van der Waals surface area contributed by atoms with E-state index in [4.69, 9.17) is 0 Å². The molecule has 5 aromatic rings. The van der Waals surface area contributed by atoms with Crippen LogP contribution in [-0.2, 0) is 16.6 Å². The minimum absolute atomic E-state index is 0.0181. The first-order valence-corrected chi connectivity index (χ1v) is 13.9. The molecule has 0 unspecified atom stereocenters. The first kappa shape index (κ1) is 24.2. The van der Waals surface area contributed by atoms with E-state index in [-0.39, 0.29) is 23.5 Å². The van der Waals surface area contributed by atoms with Gasteiger partial charge >= 0.3 is 0 Å². The largest absolute Gasteiger partial charge is 0.389 e. The van der Waals surface area contributed by atoms with Crippen LogP contribution in [0.2, 0.25) is 0 Å². The number of aliphatic hydroxyl groups excluding tert-OH is 1. The van der Waals surface area contributed by atoms with Gasteiger partial charge in [-0.05, 0) is 42.3 Å². The van der Waals surface area contributed by atoms with E-state index in [1.807, 2.05) is 72.2 Å². The van der Waals surface area contributed by atoms with Crippen molar-refractivity contribution in [3.63, 3.8) is 0 Å². The number of aromatic nitrogens is 1. The molecule has 1 aliphatic heterocycles. The second kappa shape index (κ2) is 9.28. The van der Waals surface area contributed by atoms with E-state index in [9.17, 15) is 18.3 Å². The predicted molar refractivity (Wildman–Crippen MR) is 148 cm³/mol. The Bertz CT molecular complexity index is 1780. The fourth-order valence-corrected chi connectivity index (χ4v) is 6.93. The number of aryl methyl sites for hydroxylation is 1. The van der Waals surface area contributed by atoms with E-state index in [1.165, 1.54) is 12.1 Å². The molecule has 0 radical (unpaired) electrons. The summed E-state index contributed by atoms with van der Waals surface area (Å²) in [4.78, 5) is 12.9. The van der Waals surface area contributed by atoms with Crippen LogP contribution in [-0.4, -0.2) is 41.0 Å². The highest BCUT2D eigenvalue weighted by Crippen LogP contribution is 2.41. The Balaban J connectivity index is 1.47. The maximum atomic E-state index is 13.1. The Morgan fingerprint density at radius 2 is 1.42 bits per heavy atom.